The van der Waals surface area contributed by atoms with E-state index in [1.165, 1.54) is 5.56 Å². The highest BCUT2D eigenvalue weighted by atomic mass is 19.4. The minimum absolute atomic E-state index is 0.283. The first-order valence-electron chi connectivity index (χ1n) is 12.5. The molecule has 1 heterocycles. The molecule has 1 aliphatic heterocycles. The molecule has 4 rings (SSSR count). The quantitative estimate of drug-likeness (QED) is 0.387. The molecule has 1 fully saturated rings. The van der Waals surface area contributed by atoms with Crippen molar-refractivity contribution in [3.05, 3.63) is 83.9 Å². The van der Waals surface area contributed by atoms with Crippen molar-refractivity contribution in [1.29, 1.82) is 0 Å². The molecule has 0 aromatic heterocycles. The van der Waals surface area contributed by atoms with Gasteiger partial charge in [-0.1, -0.05) is 72.8 Å². The van der Waals surface area contributed by atoms with Gasteiger partial charge in [0.05, 0.1) is 5.41 Å². The van der Waals surface area contributed by atoms with Gasteiger partial charge in [0.15, 0.2) is 0 Å². The molecule has 8 heteroatoms. The molecule has 1 saturated heterocycles. The fraction of sp³-hybridized carbons (Fsp3) is 0.379. The molecule has 2 N–H and O–H groups in total. The second kappa shape index (κ2) is 11.3. The van der Waals surface area contributed by atoms with E-state index in [9.17, 15) is 27.9 Å². The van der Waals surface area contributed by atoms with Gasteiger partial charge < -0.3 is 10.4 Å². The molecule has 196 valence electrons. The summed E-state index contributed by atoms with van der Waals surface area (Å²) < 4.78 is 37.9. The first kappa shape index (κ1) is 26.7. The summed E-state index contributed by atoms with van der Waals surface area (Å²) in [5.74, 6) is -1.77. The predicted octanol–water partition coefficient (Wildman–Crippen LogP) is 5.68. The van der Waals surface area contributed by atoms with Crippen LogP contribution in [0.2, 0.25) is 0 Å². The SMILES string of the molecule is O=C(O)[C@H](CCCC(F)(F)F)NC(=O)C1(c2ccc3ccccc3c2)CCN(Cc2ccccc2)CC1. The van der Waals surface area contributed by atoms with Crippen LogP contribution in [-0.4, -0.2) is 47.2 Å². The van der Waals surface area contributed by atoms with Gasteiger partial charge in [0.2, 0.25) is 5.91 Å². The van der Waals surface area contributed by atoms with E-state index in [2.05, 4.69) is 22.3 Å². The molecule has 5 nitrogen and oxygen atoms in total. The van der Waals surface area contributed by atoms with Crippen molar-refractivity contribution >= 4 is 22.6 Å². The van der Waals surface area contributed by atoms with Gasteiger partial charge in [0.1, 0.15) is 6.04 Å². The molecule has 0 spiro atoms. The molecule has 0 unspecified atom stereocenters. The lowest BCUT2D eigenvalue weighted by Gasteiger charge is -2.41. The van der Waals surface area contributed by atoms with E-state index in [1.807, 2.05) is 60.7 Å². The van der Waals surface area contributed by atoms with Crippen LogP contribution >= 0.6 is 0 Å². The number of benzene rings is 3. The Morgan fingerprint density at radius 3 is 2.24 bits per heavy atom. The van der Waals surface area contributed by atoms with Crippen molar-refractivity contribution in [1.82, 2.24) is 10.2 Å². The van der Waals surface area contributed by atoms with Gasteiger partial charge in [-0.15, -0.1) is 0 Å². The smallest absolute Gasteiger partial charge is 0.389 e. The molecular weight excluding hydrogens is 481 g/mol. The van der Waals surface area contributed by atoms with Crippen LogP contribution in [0, 0.1) is 0 Å². The van der Waals surface area contributed by atoms with E-state index in [4.69, 9.17) is 0 Å². The number of hydrogen-bond donors (Lipinski definition) is 2. The Kier molecular flexibility index (Phi) is 8.17. The Hall–Kier alpha value is -3.39. The largest absolute Gasteiger partial charge is 0.480 e. The molecule has 0 saturated carbocycles. The molecule has 37 heavy (non-hydrogen) atoms. The van der Waals surface area contributed by atoms with Crippen LogP contribution in [0.15, 0.2) is 72.8 Å². The lowest BCUT2D eigenvalue weighted by Crippen LogP contribution is -2.55. The Balaban J connectivity index is 1.57. The Morgan fingerprint density at radius 2 is 1.59 bits per heavy atom. The molecule has 0 aliphatic carbocycles. The molecular formula is C29H31F3N2O3. The molecule has 1 amide bonds. The number of carboxylic acids is 1. The van der Waals surface area contributed by atoms with Crippen LogP contribution in [-0.2, 0) is 21.5 Å². The van der Waals surface area contributed by atoms with Crippen LogP contribution in [0.4, 0.5) is 13.2 Å². The van der Waals surface area contributed by atoms with E-state index >= 15 is 0 Å². The maximum atomic E-state index is 13.8. The zero-order valence-electron chi connectivity index (χ0n) is 20.5. The van der Waals surface area contributed by atoms with Crippen LogP contribution < -0.4 is 5.32 Å². The highest BCUT2D eigenvalue weighted by Gasteiger charge is 2.44. The summed E-state index contributed by atoms with van der Waals surface area (Å²) in [6.45, 7) is 1.99. The fourth-order valence-corrected chi connectivity index (χ4v) is 5.13. The molecule has 0 bridgehead atoms. The lowest BCUT2D eigenvalue weighted by molar-refractivity contribution is -0.145. The number of amides is 1. The standard InChI is InChI=1S/C29H31F3N2O3/c30-29(31,32)14-6-11-25(26(35)36)33-27(37)28(24-13-12-22-9-4-5-10-23(22)19-24)15-17-34(18-16-28)20-21-7-2-1-3-8-21/h1-5,7-10,12-13,19,25H,6,11,14-18,20H2,(H,33,37)(H,35,36)/t25-/m0/s1. The van der Waals surface area contributed by atoms with Crippen molar-refractivity contribution in [2.75, 3.05) is 13.1 Å². The van der Waals surface area contributed by atoms with Crippen molar-refractivity contribution in [3.63, 3.8) is 0 Å². The summed E-state index contributed by atoms with van der Waals surface area (Å²) in [5.41, 5.74) is 0.984. The number of nitrogens with zero attached hydrogens (tertiary/aromatic N) is 1. The number of alkyl halides is 3. The highest BCUT2D eigenvalue weighted by Crippen LogP contribution is 2.38. The van der Waals surface area contributed by atoms with E-state index in [-0.39, 0.29) is 12.8 Å². The first-order chi connectivity index (χ1) is 17.7. The highest BCUT2D eigenvalue weighted by molar-refractivity contribution is 5.93. The van der Waals surface area contributed by atoms with E-state index in [0.717, 1.165) is 22.9 Å². The third kappa shape index (κ3) is 6.68. The lowest BCUT2D eigenvalue weighted by atomic mass is 9.71. The number of piperidine rings is 1. The second-order valence-corrected chi connectivity index (χ2v) is 9.78. The zero-order valence-corrected chi connectivity index (χ0v) is 20.5. The summed E-state index contributed by atoms with van der Waals surface area (Å²) >= 11 is 0. The number of aliphatic carboxylic acids is 1. The van der Waals surface area contributed by atoms with Gasteiger partial charge in [-0.3, -0.25) is 9.69 Å². The number of fused-ring (bicyclic) bond motifs is 1. The average molecular weight is 513 g/mol. The third-order valence-corrected chi connectivity index (χ3v) is 7.25. The number of halogens is 3. The summed E-state index contributed by atoms with van der Waals surface area (Å²) in [7, 11) is 0. The minimum atomic E-state index is -4.37. The molecule has 3 aromatic carbocycles. The maximum absolute atomic E-state index is 13.8. The summed E-state index contributed by atoms with van der Waals surface area (Å²) in [6, 6.07) is 22.3. The van der Waals surface area contributed by atoms with Crippen LogP contribution in [0.1, 0.15) is 43.2 Å². The van der Waals surface area contributed by atoms with Gasteiger partial charge in [0.25, 0.3) is 0 Å². The van der Waals surface area contributed by atoms with Crippen molar-refractivity contribution in [2.45, 2.75) is 56.3 Å². The molecule has 1 atom stereocenters. The normalized spacial score (nSPS) is 16.8. The van der Waals surface area contributed by atoms with Crippen molar-refractivity contribution in [3.8, 4) is 0 Å². The second-order valence-electron chi connectivity index (χ2n) is 9.78. The van der Waals surface area contributed by atoms with Crippen LogP contribution in [0.3, 0.4) is 0 Å². The third-order valence-electron chi connectivity index (χ3n) is 7.25. The first-order valence-corrected chi connectivity index (χ1v) is 12.5. The van der Waals surface area contributed by atoms with Crippen molar-refractivity contribution < 1.29 is 27.9 Å². The number of rotatable bonds is 9. The van der Waals surface area contributed by atoms with E-state index < -0.39 is 35.9 Å². The summed E-state index contributed by atoms with van der Waals surface area (Å²) in [4.78, 5) is 27.9. The van der Waals surface area contributed by atoms with Crippen molar-refractivity contribution in [2.24, 2.45) is 0 Å². The van der Waals surface area contributed by atoms with Gasteiger partial charge in [-0.2, -0.15) is 13.2 Å². The monoisotopic (exact) mass is 512 g/mol. The van der Waals surface area contributed by atoms with E-state index in [1.54, 1.807) is 0 Å². The van der Waals surface area contributed by atoms with Gasteiger partial charge in [-0.25, -0.2) is 4.79 Å². The number of hydrogen-bond acceptors (Lipinski definition) is 3. The van der Waals surface area contributed by atoms with Gasteiger partial charge in [0, 0.05) is 13.0 Å². The fourth-order valence-electron chi connectivity index (χ4n) is 5.13. The Morgan fingerprint density at radius 1 is 0.946 bits per heavy atom. The molecule has 3 aromatic rings. The summed E-state index contributed by atoms with van der Waals surface area (Å²) in [5, 5.41) is 14.2. The average Bonchev–Trinajstić information content (AvgIpc) is 2.88. The van der Waals surface area contributed by atoms with Gasteiger partial charge in [-0.05, 0) is 60.7 Å². The van der Waals surface area contributed by atoms with Gasteiger partial charge >= 0.3 is 12.1 Å². The van der Waals surface area contributed by atoms with Crippen LogP contribution in [0.25, 0.3) is 10.8 Å². The predicted molar refractivity (Wildman–Crippen MR) is 136 cm³/mol. The number of likely N-dealkylation sites (tertiary alicyclic amines) is 1. The molecule has 1 aliphatic rings. The number of nitrogens with one attached hydrogen (secondary N) is 1. The summed E-state index contributed by atoms with van der Waals surface area (Å²) in [6.07, 6.45) is -5.16. The number of carbonyl (C=O) groups is 2. The van der Waals surface area contributed by atoms with E-state index in [0.29, 0.717) is 25.9 Å². The maximum Gasteiger partial charge on any atom is 0.389 e. The topological polar surface area (TPSA) is 69.6 Å². The Labute approximate surface area is 214 Å². The Bertz CT molecular complexity index is 1220. The minimum Gasteiger partial charge on any atom is -0.480 e. The molecule has 0 radical (unpaired) electrons. The number of carbonyl (C=O) groups excluding carboxylic acids is 1. The van der Waals surface area contributed by atoms with Crippen LogP contribution in [0.5, 0.6) is 0 Å². The number of carboxylic acid groups (broad SMARTS) is 1. The zero-order chi connectivity index (χ0) is 26.5.